The molecule has 1 aromatic heterocycles. The molecule has 0 aliphatic carbocycles. The third-order valence-electron chi connectivity index (χ3n) is 1.61. The normalized spacial score (nSPS) is 10.6. The highest BCUT2D eigenvalue weighted by atomic mass is 16.4. The van der Waals surface area contributed by atoms with Crippen molar-refractivity contribution in [3.05, 3.63) is 35.7 Å². The second kappa shape index (κ2) is 5.14. The van der Waals surface area contributed by atoms with Gasteiger partial charge < -0.3 is 10.2 Å². The molecule has 0 aromatic carbocycles. The molecule has 0 aliphatic rings. The van der Waals surface area contributed by atoms with Crippen molar-refractivity contribution < 1.29 is 15.0 Å². The van der Waals surface area contributed by atoms with Crippen molar-refractivity contribution in [1.82, 2.24) is 4.98 Å². The highest BCUT2D eigenvalue weighted by Crippen LogP contribution is 2.03. The number of aromatic nitrogens is 1. The highest BCUT2D eigenvalue weighted by Gasteiger charge is 1.93. The van der Waals surface area contributed by atoms with Gasteiger partial charge in [-0.05, 0) is 23.8 Å². The summed E-state index contributed by atoms with van der Waals surface area (Å²) in [7, 11) is 0. The third kappa shape index (κ3) is 3.37. The molecule has 14 heavy (non-hydrogen) atoms. The van der Waals surface area contributed by atoms with Crippen LogP contribution in [0.15, 0.2) is 24.4 Å². The van der Waals surface area contributed by atoms with E-state index in [2.05, 4.69) is 4.98 Å². The van der Waals surface area contributed by atoms with Gasteiger partial charge in [0.2, 0.25) is 0 Å². The van der Waals surface area contributed by atoms with E-state index in [1.807, 2.05) is 0 Å². The van der Waals surface area contributed by atoms with E-state index in [-0.39, 0.29) is 13.0 Å². The average molecular weight is 193 g/mol. The number of aliphatic carboxylic acids is 1. The molecule has 2 N–H and O–H groups in total. The molecule has 0 fully saturated rings. The number of carboxylic acid groups (broad SMARTS) is 1. The van der Waals surface area contributed by atoms with Crippen LogP contribution in [-0.2, 0) is 11.4 Å². The van der Waals surface area contributed by atoms with Gasteiger partial charge in [-0.25, -0.2) is 0 Å². The summed E-state index contributed by atoms with van der Waals surface area (Å²) < 4.78 is 0. The highest BCUT2D eigenvalue weighted by molar-refractivity contribution is 5.70. The molecule has 0 amide bonds. The zero-order valence-corrected chi connectivity index (χ0v) is 7.55. The van der Waals surface area contributed by atoms with Gasteiger partial charge in [0.05, 0.1) is 18.7 Å². The van der Waals surface area contributed by atoms with Crippen LogP contribution in [0.4, 0.5) is 0 Å². The van der Waals surface area contributed by atoms with Crippen molar-refractivity contribution in [2.75, 3.05) is 0 Å². The van der Waals surface area contributed by atoms with Gasteiger partial charge in [-0.1, -0.05) is 6.08 Å². The molecule has 0 aliphatic heterocycles. The summed E-state index contributed by atoms with van der Waals surface area (Å²) in [6, 6.07) is 3.41. The molecule has 0 spiro atoms. The quantitative estimate of drug-likeness (QED) is 0.750. The standard InChI is InChI=1S/C10H11NO3/c12-7-8-4-5-11-9(6-8)2-1-3-10(13)14/h1-2,4-6,12H,3,7H2,(H,13,14). The number of carboxylic acids is 1. The number of hydrogen-bond acceptors (Lipinski definition) is 3. The van der Waals surface area contributed by atoms with Crippen molar-refractivity contribution in [2.24, 2.45) is 0 Å². The zero-order valence-electron chi connectivity index (χ0n) is 7.55. The van der Waals surface area contributed by atoms with E-state index in [1.165, 1.54) is 6.08 Å². The minimum atomic E-state index is -0.875. The smallest absolute Gasteiger partial charge is 0.307 e. The van der Waals surface area contributed by atoms with Crippen LogP contribution in [0, 0.1) is 0 Å². The summed E-state index contributed by atoms with van der Waals surface area (Å²) in [5, 5.41) is 17.2. The molecule has 0 atom stereocenters. The maximum Gasteiger partial charge on any atom is 0.307 e. The number of hydrogen-bond donors (Lipinski definition) is 2. The Labute approximate surface area is 81.5 Å². The molecule has 4 heteroatoms. The van der Waals surface area contributed by atoms with E-state index < -0.39 is 5.97 Å². The van der Waals surface area contributed by atoms with Gasteiger partial charge in [-0.15, -0.1) is 0 Å². The van der Waals surface area contributed by atoms with Crippen molar-refractivity contribution >= 4 is 12.0 Å². The van der Waals surface area contributed by atoms with Crippen molar-refractivity contribution in [2.45, 2.75) is 13.0 Å². The van der Waals surface area contributed by atoms with Gasteiger partial charge in [0.25, 0.3) is 0 Å². The second-order valence-corrected chi connectivity index (χ2v) is 2.75. The Bertz CT molecular complexity index is 347. The number of pyridine rings is 1. The topological polar surface area (TPSA) is 70.4 Å². The fraction of sp³-hybridized carbons (Fsp3) is 0.200. The maximum absolute atomic E-state index is 10.2. The largest absolute Gasteiger partial charge is 0.481 e. The molecule has 0 bridgehead atoms. The van der Waals surface area contributed by atoms with Crippen molar-refractivity contribution in [1.29, 1.82) is 0 Å². The van der Waals surface area contributed by atoms with Crippen LogP contribution in [0.5, 0.6) is 0 Å². The Morgan fingerprint density at radius 1 is 1.57 bits per heavy atom. The van der Waals surface area contributed by atoms with E-state index in [1.54, 1.807) is 24.4 Å². The first-order chi connectivity index (χ1) is 6.72. The van der Waals surface area contributed by atoms with Crippen LogP contribution >= 0.6 is 0 Å². The number of nitrogens with zero attached hydrogens (tertiary/aromatic N) is 1. The lowest BCUT2D eigenvalue weighted by atomic mass is 10.2. The molecule has 0 radical (unpaired) electrons. The van der Waals surface area contributed by atoms with Gasteiger partial charge in [0.1, 0.15) is 0 Å². The molecule has 0 saturated heterocycles. The Balaban J connectivity index is 2.66. The van der Waals surface area contributed by atoms with Gasteiger partial charge in [-0.3, -0.25) is 9.78 Å². The van der Waals surface area contributed by atoms with Crippen molar-refractivity contribution in [3.8, 4) is 0 Å². The Hall–Kier alpha value is -1.68. The van der Waals surface area contributed by atoms with Crippen molar-refractivity contribution in [3.63, 3.8) is 0 Å². The number of aliphatic hydroxyl groups excluding tert-OH is 1. The summed E-state index contributed by atoms with van der Waals surface area (Å²) >= 11 is 0. The van der Waals surface area contributed by atoms with Gasteiger partial charge in [0, 0.05) is 6.20 Å². The molecule has 1 rings (SSSR count). The lowest BCUT2D eigenvalue weighted by Crippen LogP contribution is -1.90. The predicted molar refractivity (Wildman–Crippen MR) is 51.4 cm³/mol. The van der Waals surface area contributed by atoms with Gasteiger partial charge in [-0.2, -0.15) is 0 Å². The van der Waals surface area contributed by atoms with Crippen LogP contribution in [-0.4, -0.2) is 21.2 Å². The Morgan fingerprint density at radius 2 is 2.36 bits per heavy atom. The van der Waals surface area contributed by atoms with E-state index in [4.69, 9.17) is 10.2 Å². The first-order valence-corrected chi connectivity index (χ1v) is 4.16. The summed E-state index contributed by atoms with van der Waals surface area (Å²) in [6.45, 7) is -0.0394. The summed E-state index contributed by atoms with van der Waals surface area (Å²) in [6.07, 6.45) is 4.69. The molecule has 0 unspecified atom stereocenters. The second-order valence-electron chi connectivity index (χ2n) is 2.75. The van der Waals surface area contributed by atoms with Gasteiger partial charge >= 0.3 is 5.97 Å². The monoisotopic (exact) mass is 193 g/mol. The first-order valence-electron chi connectivity index (χ1n) is 4.16. The van der Waals surface area contributed by atoms with Crippen LogP contribution in [0.2, 0.25) is 0 Å². The minimum Gasteiger partial charge on any atom is -0.481 e. The van der Waals surface area contributed by atoms with E-state index in [0.29, 0.717) is 5.69 Å². The van der Waals surface area contributed by atoms with Crippen LogP contribution in [0.3, 0.4) is 0 Å². The lowest BCUT2D eigenvalue weighted by molar-refractivity contribution is -0.135. The number of rotatable bonds is 4. The van der Waals surface area contributed by atoms with Crippen LogP contribution < -0.4 is 0 Å². The van der Waals surface area contributed by atoms with E-state index in [0.717, 1.165) is 5.56 Å². The Morgan fingerprint density at radius 3 is 3.00 bits per heavy atom. The first kappa shape index (κ1) is 10.4. The molecule has 1 heterocycles. The predicted octanol–water partition coefficient (Wildman–Crippen LogP) is 1.06. The molecule has 4 nitrogen and oxygen atoms in total. The fourth-order valence-electron chi connectivity index (χ4n) is 0.964. The van der Waals surface area contributed by atoms with E-state index >= 15 is 0 Å². The third-order valence-corrected chi connectivity index (χ3v) is 1.61. The summed E-state index contributed by atoms with van der Waals surface area (Å²) in [4.78, 5) is 14.2. The number of carbonyl (C=O) groups is 1. The minimum absolute atomic E-state index is 0.0228. The fourth-order valence-corrected chi connectivity index (χ4v) is 0.964. The average Bonchev–Trinajstić information content (AvgIpc) is 2.18. The summed E-state index contributed by atoms with van der Waals surface area (Å²) in [5.41, 5.74) is 1.41. The maximum atomic E-state index is 10.2. The number of aliphatic hydroxyl groups is 1. The molecule has 0 saturated carbocycles. The Kier molecular flexibility index (Phi) is 3.82. The molecule has 1 aromatic rings. The van der Waals surface area contributed by atoms with Crippen LogP contribution in [0.25, 0.3) is 6.08 Å². The van der Waals surface area contributed by atoms with Crippen LogP contribution in [0.1, 0.15) is 17.7 Å². The SMILES string of the molecule is O=C(O)CC=Cc1cc(CO)ccn1. The molecule has 74 valence electrons. The van der Waals surface area contributed by atoms with Gasteiger partial charge in [0.15, 0.2) is 0 Å². The molecular formula is C10H11NO3. The van der Waals surface area contributed by atoms with E-state index in [9.17, 15) is 4.79 Å². The summed E-state index contributed by atoms with van der Waals surface area (Å²) in [5.74, 6) is -0.875. The lowest BCUT2D eigenvalue weighted by Gasteiger charge is -1.96. The zero-order chi connectivity index (χ0) is 10.4. The molecular weight excluding hydrogens is 182 g/mol.